The van der Waals surface area contributed by atoms with E-state index in [9.17, 15) is 4.79 Å². The fraction of sp³-hybridized carbons (Fsp3) is 0.0968. The summed E-state index contributed by atoms with van der Waals surface area (Å²) in [6, 6.07) is 28.1. The van der Waals surface area contributed by atoms with Gasteiger partial charge in [-0.2, -0.15) is 0 Å². The van der Waals surface area contributed by atoms with E-state index in [1.807, 2.05) is 60.9 Å². The molecule has 0 aliphatic carbocycles. The second-order valence-corrected chi connectivity index (χ2v) is 8.61. The third-order valence-corrected chi connectivity index (χ3v) is 6.23. The fourth-order valence-corrected chi connectivity index (χ4v) is 4.41. The Labute approximate surface area is 210 Å². The van der Waals surface area contributed by atoms with Crippen molar-refractivity contribution in [1.82, 2.24) is 20.3 Å². The summed E-state index contributed by atoms with van der Waals surface area (Å²) in [5, 5.41) is 2.99. The molecule has 0 bridgehead atoms. The average molecular weight is 471 g/mol. The van der Waals surface area contributed by atoms with Gasteiger partial charge in [0.25, 0.3) is 5.91 Å². The molecule has 176 valence electrons. The zero-order valence-electron chi connectivity index (χ0n) is 19.8. The highest BCUT2D eigenvalue weighted by Crippen LogP contribution is 2.32. The van der Waals surface area contributed by atoms with Crippen LogP contribution in [0.15, 0.2) is 122 Å². The summed E-state index contributed by atoms with van der Waals surface area (Å²) in [7, 11) is 0. The van der Waals surface area contributed by atoms with E-state index in [0.29, 0.717) is 12.1 Å². The molecule has 1 amide bonds. The third kappa shape index (κ3) is 5.53. The molecule has 0 unspecified atom stereocenters. The van der Waals surface area contributed by atoms with Crippen molar-refractivity contribution < 1.29 is 4.79 Å². The van der Waals surface area contributed by atoms with Crippen molar-refractivity contribution in [2.75, 3.05) is 0 Å². The molecule has 0 saturated carbocycles. The number of nitrogens with zero attached hydrogens (tertiary/aromatic N) is 3. The number of benzene rings is 2. The summed E-state index contributed by atoms with van der Waals surface area (Å²) in [5.41, 5.74) is 7.19. The molecule has 0 spiro atoms. The largest absolute Gasteiger partial charge is 0.348 e. The zero-order chi connectivity index (χ0) is 24.6. The van der Waals surface area contributed by atoms with Crippen molar-refractivity contribution in [3.05, 3.63) is 150 Å². The third-order valence-electron chi connectivity index (χ3n) is 6.23. The maximum atomic E-state index is 12.9. The van der Waals surface area contributed by atoms with Crippen molar-refractivity contribution in [2.24, 2.45) is 0 Å². The van der Waals surface area contributed by atoms with Crippen molar-refractivity contribution in [3.8, 4) is 11.1 Å². The lowest BCUT2D eigenvalue weighted by Gasteiger charge is -2.20. The second kappa shape index (κ2) is 11.2. The van der Waals surface area contributed by atoms with Gasteiger partial charge in [-0.25, -0.2) is 0 Å². The first-order valence-corrected chi connectivity index (χ1v) is 11.9. The molecule has 3 aromatic heterocycles. The van der Waals surface area contributed by atoms with Gasteiger partial charge in [-0.05, 0) is 70.1 Å². The van der Waals surface area contributed by atoms with Gasteiger partial charge in [0.1, 0.15) is 0 Å². The highest BCUT2D eigenvalue weighted by molar-refractivity contribution is 5.95. The molecule has 2 aromatic carbocycles. The molecular weight excluding hydrogens is 444 g/mol. The first-order valence-electron chi connectivity index (χ1n) is 11.9. The van der Waals surface area contributed by atoms with E-state index in [4.69, 9.17) is 0 Å². The van der Waals surface area contributed by atoms with E-state index in [0.717, 1.165) is 34.2 Å². The Bertz CT molecular complexity index is 1380. The Morgan fingerprint density at radius 3 is 2.08 bits per heavy atom. The molecule has 5 rings (SSSR count). The highest BCUT2D eigenvalue weighted by Gasteiger charge is 2.18. The van der Waals surface area contributed by atoms with E-state index in [-0.39, 0.29) is 11.8 Å². The van der Waals surface area contributed by atoms with Crippen LogP contribution in [0.4, 0.5) is 0 Å². The number of rotatable bonds is 8. The minimum absolute atomic E-state index is 0.109. The summed E-state index contributed by atoms with van der Waals surface area (Å²) >= 11 is 0. The molecule has 0 aliphatic rings. The SMILES string of the molecule is O=C(NCc1cccnc1)c1cccc(-c2ccccc2CC(c2cccnc2)c2cccnc2)c1. The Kier molecular flexibility index (Phi) is 7.19. The Hall–Kier alpha value is -4.64. The lowest BCUT2D eigenvalue weighted by Crippen LogP contribution is -2.22. The number of aromatic nitrogens is 3. The van der Waals surface area contributed by atoms with Crippen molar-refractivity contribution in [3.63, 3.8) is 0 Å². The van der Waals surface area contributed by atoms with Crippen LogP contribution in [0.3, 0.4) is 0 Å². The van der Waals surface area contributed by atoms with Crippen LogP contribution in [0.25, 0.3) is 11.1 Å². The van der Waals surface area contributed by atoms with Gasteiger partial charge in [-0.1, -0.05) is 54.6 Å². The quantitative estimate of drug-likeness (QED) is 0.309. The number of hydrogen-bond donors (Lipinski definition) is 1. The molecule has 1 N–H and O–H groups in total. The summed E-state index contributed by atoms with van der Waals surface area (Å²) in [4.78, 5) is 25.7. The zero-order valence-corrected chi connectivity index (χ0v) is 19.8. The summed E-state index contributed by atoms with van der Waals surface area (Å²) in [6.45, 7) is 0.436. The van der Waals surface area contributed by atoms with Crippen LogP contribution >= 0.6 is 0 Å². The minimum Gasteiger partial charge on any atom is -0.348 e. The van der Waals surface area contributed by atoms with Gasteiger partial charge >= 0.3 is 0 Å². The normalized spacial score (nSPS) is 10.8. The van der Waals surface area contributed by atoms with Crippen molar-refractivity contribution >= 4 is 5.91 Å². The number of nitrogens with one attached hydrogen (secondary N) is 1. The van der Waals surface area contributed by atoms with E-state index in [2.05, 4.69) is 56.7 Å². The van der Waals surface area contributed by atoms with Crippen LogP contribution in [-0.2, 0) is 13.0 Å². The number of amides is 1. The molecule has 3 heterocycles. The maximum absolute atomic E-state index is 12.9. The van der Waals surface area contributed by atoms with Crippen molar-refractivity contribution in [2.45, 2.75) is 18.9 Å². The van der Waals surface area contributed by atoms with Crippen LogP contribution in [0, 0.1) is 0 Å². The van der Waals surface area contributed by atoms with Crippen LogP contribution in [0.5, 0.6) is 0 Å². The topological polar surface area (TPSA) is 67.8 Å². The Balaban J connectivity index is 1.42. The molecule has 5 aromatic rings. The van der Waals surface area contributed by atoms with Gasteiger partial charge in [0.2, 0.25) is 0 Å². The Morgan fingerprint density at radius 2 is 1.42 bits per heavy atom. The summed E-state index contributed by atoms with van der Waals surface area (Å²) in [6.07, 6.45) is 11.7. The van der Waals surface area contributed by atoms with Gasteiger partial charge < -0.3 is 5.32 Å². The van der Waals surface area contributed by atoms with E-state index in [1.54, 1.807) is 24.8 Å². The maximum Gasteiger partial charge on any atom is 0.251 e. The van der Waals surface area contributed by atoms with Gasteiger partial charge in [0.15, 0.2) is 0 Å². The smallest absolute Gasteiger partial charge is 0.251 e. The molecular formula is C31H26N4O. The number of hydrogen-bond acceptors (Lipinski definition) is 4. The lowest BCUT2D eigenvalue weighted by atomic mass is 9.85. The van der Waals surface area contributed by atoms with Gasteiger partial charge in [0, 0.05) is 55.2 Å². The lowest BCUT2D eigenvalue weighted by molar-refractivity contribution is 0.0951. The monoisotopic (exact) mass is 470 g/mol. The van der Waals surface area contributed by atoms with E-state index in [1.165, 1.54) is 5.56 Å². The molecule has 0 fully saturated rings. The first kappa shape index (κ1) is 23.1. The molecule has 0 atom stereocenters. The predicted molar refractivity (Wildman–Crippen MR) is 141 cm³/mol. The number of carbonyl (C=O) groups is 1. The predicted octanol–water partition coefficient (Wildman–Crippen LogP) is 5.84. The van der Waals surface area contributed by atoms with Crippen LogP contribution in [-0.4, -0.2) is 20.9 Å². The first-order chi connectivity index (χ1) is 17.8. The summed E-state index contributed by atoms with van der Waals surface area (Å²) < 4.78 is 0. The Morgan fingerprint density at radius 1 is 0.722 bits per heavy atom. The van der Waals surface area contributed by atoms with Crippen LogP contribution < -0.4 is 5.32 Å². The standard InChI is InChI=1S/C31H26N4O/c36-31(35-20-23-7-4-14-32-19-23)26-10-3-9-24(17-26)29-13-2-1-8-25(29)18-30(27-11-5-15-33-21-27)28-12-6-16-34-22-28/h1-17,19,21-22,30H,18,20H2,(H,35,36). The van der Waals surface area contributed by atoms with Gasteiger partial charge in [-0.15, -0.1) is 0 Å². The second-order valence-electron chi connectivity index (χ2n) is 8.61. The molecule has 0 saturated heterocycles. The summed E-state index contributed by atoms with van der Waals surface area (Å²) in [5.74, 6) is 0.00120. The van der Waals surface area contributed by atoms with Gasteiger partial charge in [-0.3, -0.25) is 19.7 Å². The molecule has 36 heavy (non-hydrogen) atoms. The average Bonchev–Trinajstić information content (AvgIpc) is 2.96. The number of carbonyl (C=O) groups excluding carboxylic acids is 1. The van der Waals surface area contributed by atoms with E-state index >= 15 is 0 Å². The molecule has 5 heteroatoms. The number of pyridine rings is 3. The van der Waals surface area contributed by atoms with Crippen molar-refractivity contribution in [1.29, 1.82) is 0 Å². The molecule has 0 radical (unpaired) electrons. The fourth-order valence-electron chi connectivity index (χ4n) is 4.41. The molecule has 0 aliphatic heterocycles. The highest BCUT2D eigenvalue weighted by atomic mass is 16.1. The van der Waals surface area contributed by atoms with Gasteiger partial charge in [0.05, 0.1) is 0 Å². The van der Waals surface area contributed by atoms with Crippen LogP contribution in [0.1, 0.15) is 38.5 Å². The van der Waals surface area contributed by atoms with Crippen LogP contribution in [0.2, 0.25) is 0 Å². The van der Waals surface area contributed by atoms with E-state index < -0.39 is 0 Å². The molecule has 5 nitrogen and oxygen atoms in total. The minimum atomic E-state index is -0.109.